The maximum absolute atomic E-state index is 14.7. The number of hydrogen-bond donors (Lipinski definition) is 0. The van der Waals surface area contributed by atoms with Crippen LogP contribution in [0.25, 0.3) is 21.9 Å². The van der Waals surface area contributed by atoms with Gasteiger partial charge < -0.3 is 0 Å². The van der Waals surface area contributed by atoms with Crippen molar-refractivity contribution in [3.63, 3.8) is 0 Å². The van der Waals surface area contributed by atoms with Crippen LogP contribution in [-0.2, 0) is 12.8 Å². The van der Waals surface area contributed by atoms with Gasteiger partial charge in [-0.15, -0.1) is 0 Å². The van der Waals surface area contributed by atoms with Crippen molar-refractivity contribution in [2.45, 2.75) is 65.2 Å². The van der Waals surface area contributed by atoms with Crippen LogP contribution in [-0.4, -0.2) is 0 Å². The van der Waals surface area contributed by atoms with E-state index in [9.17, 15) is 4.39 Å². The molecule has 0 aliphatic rings. The molecule has 0 fully saturated rings. The Morgan fingerprint density at radius 2 is 1.26 bits per heavy atom. The Bertz CT molecular complexity index is 1300. The lowest BCUT2D eigenvalue weighted by Crippen LogP contribution is -1.91. The zero-order valence-corrected chi connectivity index (χ0v) is 21.0. The number of benzene rings is 4. The van der Waals surface area contributed by atoms with E-state index in [1.807, 2.05) is 30.3 Å². The van der Waals surface area contributed by atoms with Gasteiger partial charge in [-0.25, -0.2) is 4.39 Å². The fourth-order valence-electron chi connectivity index (χ4n) is 4.56. The smallest absolute Gasteiger partial charge is 0.134 e. The molecule has 0 saturated carbocycles. The second-order valence-electron chi connectivity index (χ2n) is 9.41. The first-order valence-electron chi connectivity index (χ1n) is 13.1. The van der Waals surface area contributed by atoms with Crippen LogP contribution in [0, 0.1) is 17.7 Å². The molecule has 0 aliphatic heterocycles. The second-order valence-corrected chi connectivity index (χ2v) is 9.41. The molecule has 0 atom stereocenters. The van der Waals surface area contributed by atoms with Gasteiger partial charge in [-0.05, 0) is 71.2 Å². The minimum Gasteiger partial charge on any atom is -0.206 e. The van der Waals surface area contributed by atoms with Crippen molar-refractivity contribution in [1.29, 1.82) is 0 Å². The molecule has 0 aliphatic carbocycles. The summed E-state index contributed by atoms with van der Waals surface area (Å²) in [4.78, 5) is 0. The summed E-state index contributed by atoms with van der Waals surface area (Å²) in [5, 5.41) is 1.57. The molecule has 0 radical (unpaired) electrons. The molecule has 0 aromatic heterocycles. The number of halogens is 1. The molecule has 0 bridgehead atoms. The highest BCUT2D eigenvalue weighted by Crippen LogP contribution is 2.24. The first-order valence-corrected chi connectivity index (χ1v) is 13.1. The van der Waals surface area contributed by atoms with Crippen molar-refractivity contribution in [3.05, 3.63) is 107 Å². The van der Waals surface area contributed by atoms with Gasteiger partial charge in [0.05, 0.1) is 0 Å². The normalized spacial score (nSPS) is 10.8. The lowest BCUT2D eigenvalue weighted by Gasteiger charge is -2.06. The molecule has 0 saturated heterocycles. The molecule has 0 nitrogen and oxygen atoms in total. The van der Waals surface area contributed by atoms with E-state index >= 15 is 0 Å². The standard InChI is InChI=1S/C34H35F/c1-3-5-6-7-8-10-26-13-18-29(19-14-26)30-20-15-27(16-21-30)11-12-28-17-24-33-32(25-28)23-22-31(9-4-2)34(33)35/h13-25H,3-10H2,1-2H3. The van der Waals surface area contributed by atoms with Gasteiger partial charge in [0, 0.05) is 16.5 Å². The third kappa shape index (κ3) is 6.61. The van der Waals surface area contributed by atoms with E-state index in [1.54, 1.807) is 0 Å². The number of unbranched alkanes of at least 4 members (excludes halogenated alkanes) is 4. The van der Waals surface area contributed by atoms with Crippen LogP contribution in [0.4, 0.5) is 4.39 Å². The average molecular weight is 463 g/mol. The number of aryl methyl sites for hydroxylation is 2. The largest absolute Gasteiger partial charge is 0.206 e. The molecule has 0 unspecified atom stereocenters. The van der Waals surface area contributed by atoms with Gasteiger partial charge in [0.15, 0.2) is 0 Å². The van der Waals surface area contributed by atoms with Gasteiger partial charge in [0.25, 0.3) is 0 Å². The van der Waals surface area contributed by atoms with Crippen LogP contribution < -0.4 is 0 Å². The van der Waals surface area contributed by atoms with Gasteiger partial charge in [0.2, 0.25) is 0 Å². The first-order chi connectivity index (χ1) is 17.2. The summed E-state index contributed by atoms with van der Waals surface area (Å²) in [5.41, 5.74) is 6.52. The summed E-state index contributed by atoms with van der Waals surface area (Å²) >= 11 is 0. The van der Waals surface area contributed by atoms with Crippen LogP contribution in [0.15, 0.2) is 78.9 Å². The fraction of sp³-hybridized carbons (Fsp3) is 0.294. The predicted molar refractivity (Wildman–Crippen MR) is 148 cm³/mol. The Morgan fingerprint density at radius 3 is 1.97 bits per heavy atom. The number of hydrogen-bond acceptors (Lipinski definition) is 0. The molecule has 0 heterocycles. The van der Waals surface area contributed by atoms with Crippen molar-refractivity contribution < 1.29 is 4.39 Å². The predicted octanol–water partition coefficient (Wildman–Crippen LogP) is 9.51. The van der Waals surface area contributed by atoms with Crippen molar-refractivity contribution in [3.8, 4) is 23.0 Å². The Morgan fingerprint density at radius 1 is 0.600 bits per heavy atom. The topological polar surface area (TPSA) is 0 Å². The maximum atomic E-state index is 14.7. The Hall–Kier alpha value is -3.37. The van der Waals surface area contributed by atoms with Crippen LogP contribution in [0.2, 0.25) is 0 Å². The zero-order chi connectivity index (χ0) is 24.5. The van der Waals surface area contributed by atoms with E-state index in [0.29, 0.717) is 5.39 Å². The molecular formula is C34H35F. The average Bonchev–Trinajstić information content (AvgIpc) is 2.90. The van der Waals surface area contributed by atoms with E-state index in [1.165, 1.54) is 55.2 Å². The summed E-state index contributed by atoms with van der Waals surface area (Å²) in [6.45, 7) is 4.33. The molecule has 178 valence electrons. The van der Waals surface area contributed by atoms with Gasteiger partial charge >= 0.3 is 0 Å². The molecule has 0 spiro atoms. The second kappa shape index (κ2) is 12.4. The van der Waals surface area contributed by atoms with Crippen LogP contribution in [0.3, 0.4) is 0 Å². The van der Waals surface area contributed by atoms with Crippen molar-refractivity contribution in [2.75, 3.05) is 0 Å². The highest BCUT2D eigenvalue weighted by Gasteiger charge is 2.07. The third-order valence-corrected chi connectivity index (χ3v) is 6.65. The van der Waals surface area contributed by atoms with Crippen molar-refractivity contribution in [2.24, 2.45) is 0 Å². The van der Waals surface area contributed by atoms with Gasteiger partial charge in [0.1, 0.15) is 5.82 Å². The Kier molecular flexibility index (Phi) is 8.74. The van der Waals surface area contributed by atoms with Gasteiger partial charge in [-0.1, -0.05) is 112 Å². The summed E-state index contributed by atoms with van der Waals surface area (Å²) in [5.74, 6) is 6.39. The van der Waals surface area contributed by atoms with Crippen LogP contribution in [0.1, 0.15) is 74.6 Å². The fourth-order valence-corrected chi connectivity index (χ4v) is 4.56. The van der Waals surface area contributed by atoms with E-state index in [0.717, 1.165) is 34.9 Å². The Labute approximate surface area is 210 Å². The molecule has 0 amide bonds. The number of rotatable bonds is 9. The molecule has 4 aromatic carbocycles. The Balaban J connectivity index is 1.40. The maximum Gasteiger partial charge on any atom is 0.134 e. The van der Waals surface area contributed by atoms with Crippen LogP contribution in [0.5, 0.6) is 0 Å². The lowest BCUT2D eigenvalue weighted by atomic mass is 10.00. The summed E-state index contributed by atoms with van der Waals surface area (Å²) in [6.07, 6.45) is 9.47. The molecule has 1 heteroatoms. The minimum atomic E-state index is -0.0977. The SMILES string of the molecule is CCCCCCCc1ccc(-c2ccc(C#Cc3ccc4c(F)c(CCC)ccc4c3)cc2)cc1. The van der Waals surface area contributed by atoms with Gasteiger partial charge in [-0.2, -0.15) is 0 Å². The van der Waals surface area contributed by atoms with Crippen LogP contribution >= 0.6 is 0 Å². The highest BCUT2D eigenvalue weighted by molar-refractivity contribution is 5.85. The third-order valence-electron chi connectivity index (χ3n) is 6.65. The van der Waals surface area contributed by atoms with Crippen molar-refractivity contribution >= 4 is 10.8 Å². The first kappa shape index (κ1) is 24.7. The van der Waals surface area contributed by atoms with Gasteiger partial charge in [-0.3, -0.25) is 0 Å². The number of fused-ring (bicyclic) bond motifs is 1. The van der Waals surface area contributed by atoms with E-state index in [-0.39, 0.29) is 5.82 Å². The van der Waals surface area contributed by atoms with E-state index in [4.69, 9.17) is 0 Å². The van der Waals surface area contributed by atoms with E-state index in [2.05, 4.69) is 74.2 Å². The molecule has 35 heavy (non-hydrogen) atoms. The minimum absolute atomic E-state index is 0.0977. The molecular weight excluding hydrogens is 427 g/mol. The summed E-state index contributed by atoms with van der Waals surface area (Å²) in [7, 11) is 0. The summed E-state index contributed by atoms with van der Waals surface area (Å²) in [6, 6.07) is 27.0. The lowest BCUT2D eigenvalue weighted by molar-refractivity contribution is 0.619. The quantitative estimate of drug-likeness (QED) is 0.172. The monoisotopic (exact) mass is 462 g/mol. The molecule has 4 rings (SSSR count). The molecule has 0 N–H and O–H groups in total. The molecule has 4 aromatic rings. The summed E-state index contributed by atoms with van der Waals surface area (Å²) < 4.78 is 14.7. The highest BCUT2D eigenvalue weighted by atomic mass is 19.1. The zero-order valence-electron chi connectivity index (χ0n) is 21.0. The van der Waals surface area contributed by atoms with Crippen molar-refractivity contribution in [1.82, 2.24) is 0 Å². The van der Waals surface area contributed by atoms with E-state index < -0.39 is 0 Å².